The zero-order valence-electron chi connectivity index (χ0n) is 36.0. The van der Waals surface area contributed by atoms with Crippen LogP contribution in [-0.2, 0) is 23.8 Å². The summed E-state index contributed by atoms with van der Waals surface area (Å²) in [6.45, 7) is 1.65. The van der Waals surface area contributed by atoms with Crippen LogP contribution in [0.2, 0.25) is 0 Å². The van der Waals surface area contributed by atoms with E-state index in [-0.39, 0.29) is 30.4 Å². The van der Waals surface area contributed by atoms with Crippen molar-refractivity contribution in [3.05, 3.63) is 83.7 Å². The van der Waals surface area contributed by atoms with Gasteiger partial charge in [0, 0.05) is 18.7 Å². The van der Waals surface area contributed by atoms with E-state index in [2.05, 4.69) is 69.1 Å². The number of likely N-dealkylation sites (tertiary alicyclic amines) is 1. The summed E-state index contributed by atoms with van der Waals surface area (Å²) in [7, 11) is 2.63. The molecule has 3 atom stereocenters. The summed E-state index contributed by atoms with van der Waals surface area (Å²) in [6.07, 6.45) is 11.9. The lowest BCUT2D eigenvalue weighted by Gasteiger charge is -2.35. The van der Waals surface area contributed by atoms with Crippen LogP contribution in [-0.4, -0.2) is 100 Å². The van der Waals surface area contributed by atoms with Crippen LogP contribution in [0.4, 0.5) is 9.59 Å². The monoisotopic (exact) mass is 856 g/mol. The number of amides is 4. The Morgan fingerprint density at radius 1 is 0.746 bits per heavy atom. The highest BCUT2D eigenvalue weighted by atomic mass is 16.5. The van der Waals surface area contributed by atoms with Gasteiger partial charge in [-0.1, -0.05) is 56.0 Å². The Balaban J connectivity index is 0.915. The number of allylic oxidation sites excluding steroid dienone is 1. The van der Waals surface area contributed by atoms with Crippen LogP contribution < -0.4 is 10.6 Å². The van der Waals surface area contributed by atoms with Crippen LogP contribution in [0.1, 0.15) is 101 Å². The minimum atomic E-state index is -0.656. The lowest BCUT2D eigenvalue weighted by atomic mass is 9.83. The molecule has 15 heteroatoms. The van der Waals surface area contributed by atoms with E-state index >= 15 is 0 Å². The first-order valence-corrected chi connectivity index (χ1v) is 22.5. The van der Waals surface area contributed by atoms with Gasteiger partial charge in [-0.15, -0.1) is 0 Å². The number of imidazole rings is 2. The van der Waals surface area contributed by atoms with Crippen LogP contribution >= 0.6 is 0 Å². The van der Waals surface area contributed by atoms with E-state index in [0.717, 1.165) is 133 Å². The molecule has 0 spiro atoms. The van der Waals surface area contributed by atoms with E-state index in [0.29, 0.717) is 31.2 Å². The number of carbonyl (C=O) groups excluding carboxylic acids is 4. The van der Waals surface area contributed by atoms with E-state index in [1.165, 1.54) is 14.2 Å². The Bertz CT molecular complexity index is 2530. The molecule has 330 valence electrons. The van der Waals surface area contributed by atoms with Gasteiger partial charge in [0.1, 0.15) is 29.4 Å². The van der Waals surface area contributed by atoms with Crippen LogP contribution in [0.15, 0.2) is 72.1 Å². The second kappa shape index (κ2) is 18.6. The number of hydrogen-bond donors (Lipinski definition) is 4. The summed E-state index contributed by atoms with van der Waals surface area (Å²) in [5.41, 5.74) is 6.82. The lowest BCUT2D eigenvalue weighted by molar-refractivity contribution is -0.137. The van der Waals surface area contributed by atoms with Crippen molar-refractivity contribution in [2.45, 2.75) is 95.2 Å². The second-order valence-corrected chi connectivity index (χ2v) is 17.3. The number of aromatic amines is 2. The minimum absolute atomic E-state index is 0.0636. The Morgan fingerprint density at radius 2 is 1.46 bits per heavy atom. The predicted molar refractivity (Wildman–Crippen MR) is 237 cm³/mol. The van der Waals surface area contributed by atoms with E-state index < -0.39 is 24.3 Å². The largest absolute Gasteiger partial charge is 0.453 e. The first kappa shape index (κ1) is 42.1. The third-order valence-corrected chi connectivity index (χ3v) is 13.4. The minimum Gasteiger partial charge on any atom is -0.453 e. The molecule has 4 aliphatic rings. The molecule has 2 aromatic heterocycles. The molecule has 3 aromatic carbocycles. The summed E-state index contributed by atoms with van der Waals surface area (Å²) in [6, 6.07) is 17.6. The predicted octanol–water partition coefficient (Wildman–Crippen LogP) is 8.22. The van der Waals surface area contributed by atoms with Gasteiger partial charge in [0.2, 0.25) is 5.91 Å². The number of aromatic nitrogens is 4. The summed E-state index contributed by atoms with van der Waals surface area (Å²) >= 11 is 0. The molecule has 0 bridgehead atoms. The number of rotatable bonds is 9. The van der Waals surface area contributed by atoms with E-state index in [4.69, 9.17) is 24.2 Å². The maximum Gasteiger partial charge on any atom is 0.411 e. The molecule has 4 fully saturated rings. The maximum absolute atomic E-state index is 14.2. The molecule has 2 aliphatic heterocycles. The fourth-order valence-electron chi connectivity index (χ4n) is 10.0. The number of carbonyl (C=O) groups is 4. The Kier molecular flexibility index (Phi) is 12.5. The number of nitrogens with one attached hydrogen (secondary N) is 4. The summed E-state index contributed by atoms with van der Waals surface area (Å²) in [4.78, 5) is 73.3. The first-order chi connectivity index (χ1) is 30.8. The number of morpholine rings is 1. The molecule has 5 aromatic rings. The van der Waals surface area contributed by atoms with E-state index in [1.807, 2.05) is 17.2 Å². The van der Waals surface area contributed by atoms with Crippen LogP contribution in [0, 0.1) is 5.92 Å². The topological polar surface area (TPSA) is 184 Å². The molecular formula is C48H56N8O7. The smallest absolute Gasteiger partial charge is 0.411 e. The number of fused-ring (bicyclic) bond motifs is 2. The molecule has 2 saturated carbocycles. The van der Waals surface area contributed by atoms with Gasteiger partial charge in [-0.2, -0.15) is 0 Å². The van der Waals surface area contributed by atoms with Gasteiger partial charge < -0.3 is 39.3 Å². The van der Waals surface area contributed by atoms with Crippen molar-refractivity contribution >= 4 is 45.8 Å². The number of ether oxygens (including phenoxy) is 3. The highest BCUT2D eigenvalue weighted by molar-refractivity contribution is 5.97. The maximum atomic E-state index is 14.2. The zero-order chi connectivity index (χ0) is 43.5. The number of benzene rings is 3. The molecule has 4 N–H and O–H groups in total. The lowest BCUT2D eigenvalue weighted by Crippen LogP contribution is -2.52. The highest BCUT2D eigenvalue weighted by Gasteiger charge is 2.40. The Morgan fingerprint density at radius 3 is 2.24 bits per heavy atom. The summed E-state index contributed by atoms with van der Waals surface area (Å²) < 4.78 is 15.7. The molecule has 0 radical (unpaired) electrons. The van der Waals surface area contributed by atoms with E-state index in [9.17, 15) is 19.2 Å². The normalized spacial score (nSPS) is 20.1. The highest BCUT2D eigenvalue weighted by Crippen LogP contribution is 2.37. The van der Waals surface area contributed by atoms with Crippen molar-refractivity contribution in [1.29, 1.82) is 0 Å². The molecule has 2 saturated heterocycles. The van der Waals surface area contributed by atoms with Crippen molar-refractivity contribution in [2.24, 2.45) is 5.92 Å². The average Bonchev–Trinajstić information content (AvgIpc) is 4.13. The van der Waals surface area contributed by atoms with Gasteiger partial charge in [-0.05, 0) is 109 Å². The standard InChI is InChI=1S/C48H56N8O7/c1-61-47(59)53-41(29-10-5-3-6-11-29)45(57)55-21-9-14-39(55)43-49-27-38(52-43)35-18-17-31-24-32(15-16-33(31)25-35)34-19-20-36-37(26-34)51-44(50-36)40-28-63-23-22-56(40)46(58)42(54-48(60)62-2)30-12-7-4-8-13-30/h15-20,24-27,29,39-41H,3-14,21-23,28H2,1-2H3,(H,49,52)(H,50,51)(H,53,59)(H,54,60)/t39-,40-,41-/m0/s1. The number of alkyl carbamates (subject to hydrolysis) is 2. The fraction of sp³-hybridized carbons (Fsp3) is 0.458. The number of methoxy groups -OCH3 is 2. The second-order valence-electron chi connectivity index (χ2n) is 17.3. The SMILES string of the molecule is COC(=O)NC(C(=O)N1CCOC[C@H]1c1nc2ccc(-c3ccc4cc(-c5cnc([C@@H]6CCCN6C(=O)[C@@H](NC(=O)OC)C6CCCCC6)[nH]5)ccc4c3)cc2[nH]1)=C1CCCCC1. The first-order valence-electron chi connectivity index (χ1n) is 22.5. The van der Waals surface area contributed by atoms with Gasteiger partial charge in [-0.25, -0.2) is 19.6 Å². The van der Waals surface area contributed by atoms with Crippen molar-refractivity contribution in [3.8, 4) is 22.4 Å². The molecule has 4 heterocycles. The molecule has 9 rings (SSSR count). The number of nitrogens with zero attached hydrogens (tertiary/aromatic N) is 4. The number of hydrogen-bond acceptors (Lipinski definition) is 9. The Hall–Kier alpha value is -6.22. The van der Waals surface area contributed by atoms with Gasteiger partial charge in [0.05, 0.1) is 56.4 Å². The van der Waals surface area contributed by atoms with Gasteiger partial charge in [0.15, 0.2) is 0 Å². The van der Waals surface area contributed by atoms with Crippen molar-refractivity contribution in [1.82, 2.24) is 40.4 Å². The molecular weight excluding hydrogens is 801 g/mol. The van der Waals surface area contributed by atoms with E-state index in [1.54, 1.807) is 4.90 Å². The molecule has 2 aliphatic carbocycles. The Labute approximate surface area is 366 Å². The zero-order valence-corrected chi connectivity index (χ0v) is 36.0. The quantitative estimate of drug-likeness (QED) is 0.106. The van der Waals surface area contributed by atoms with Crippen molar-refractivity contribution in [2.75, 3.05) is 40.5 Å². The van der Waals surface area contributed by atoms with Crippen molar-refractivity contribution < 1.29 is 33.4 Å². The fourth-order valence-corrected chi connectivity index (χ4v) is 10.0. The van der Waals surface area contributed by atoms with Crippen molar-refractivity contribution in [3.63, 3.8) is 0 Å². The summed E-state index contributed by atoms with van der Waals surface area (Å²) in [5.74, 6) is 1.15. The van der Waals surface area contributed by atoms with Gasteiger partial charge in [-0.3, -0.25) is 14.9 Å². The van der Waals surface area contributed by atoms with Crippen LogP contribution in [0.25, 0.3) is 44.2 Å². The molecule has 0 unspecified atom stereocenters. The molecule has 63 heavy (non-hydrogen) atoms. The van der Waals surface area contributed by atoms with Gasteiger partial charge in [0.25, 0.3) is 5.91 Å². The average molecular weight is 857 g/mol. The molecule has 15 nitrogen and oxygen atoms in total. The number of H-pyrrole nitrogens is 2. The third kappa shape index (κ3) is 8.88. The van der Waals surface area contributed by atoms with Crippen LogP contribution in [0.3, 0.4) is 0 Å². The van der Waals surface area contributed by atoms with Gasteiger partial charge >= 0.3 is 12.2 Å². The summed E-state index contributed by atoms with van der Waals surface area (Å²) in [5, 5.41) is 7.77. The van der Waals surface area contributed by atoms with Crippen LogP contribution in [0.5, 0.6) is 0 Å². The molecule has 4 amide bonds. The third-order valence-electron chi connectivity index (χ3n) is 13.4.